The molecule has 1 aromatic heterocycles. The first-order valence-corrected chi connectivity index (χ1v) is 8.37. The van der Waals surface area contributed by atoms with Crippen molar-refractivity contribution in [2.24, 2.45) is 0 Å². The van der Waals surface area contributed by atoms with Gasteiger partial charge in [-0.3, -0.25) is 4.79 Å². The molecule has 0 spiro atoms. The molecule has 1 amide bonds. The maximum Gasteiger partial charge on any atom is 0.234 e. The van der Waals surface area contributed by atoms with Gasteiger partial charge in [-0.15, -0.1) is 10.2 Å². The summed E-state index contributed by atoms with van der Waals surface area (Å²) >= 11 is 7.25. The Morgan fingerprint density at radius 2 is 2.26 bits per heavy atom. The molecule has 7 nitrogen and oxygen atoms in total. The van der Waals surface area contributed by atoms with E-state index in [1.54, 1.807) is 18.2 Å². The summed E-state index contributed by atoms with van der Waals surface area (Å²) in [6.45, 7) is 2.04. The number of aromatic nitrogens is 3. The quantitative estimate of drug-likeness (QED) is 0.584. The van der Waals surface area contributed by atoms with Crippen LogP contribution >= 0.6 is 23.4 Å². The fourth-order valence-electron chi connectivity index (χ4n) is 1.87. The first-order chi connectivity index (χ1) is 11.0. The van der Waals surface area contributed by atoms with Crippen molar-refractivity contribution in [3.05, 3.63) is 29.0 Å². The molecule has 124 valence electrons. The fourth-order valence-corrected chi connectivity index (χ4v) is 2.80. The van der Waals surface area contributed by atoms with Gasteiger partial charge >= 0.3 is 0 Å². The van der Waals surface area contributed by atoms with Crippen LogP contribution in [0, 0.1) is 0 Å². The number of anilines is 1. The number of nitrogens with two attached hydrogens (primary N) is 1. The fraction of sp³-hybridized carbons (Fsp3) is 0.357. The highest BCUT2D eigenvalue weighted by Crippen LogP contribution is 2.27. The lowest BCUT2D eigenvalue weighted by atomic mass is 10.3. The number of amides is 1. The van der Waals surface area contributed by atoms with Crippen LogP contribution in [0.25, 0.3) is 0 Å². The van der Waals surface area contributed by atoms with E-state index >= 15 is 0 Å². The van der Waals surface area contributed by atoms with Gasteiger partial charge in [-0.1, -0.05) is 30.3 Å². The van der Waals surface area contributed by atoms with Crippen molar-refractivity contribution in [1.29, 1.82) is 0 Å². The Morgan fingerprint density at radius 3 is 2.91 bits per heavy atom. The molecule has 0 radical (unpaired) electrons. The molecule has 1 aromatic carbocycles. The number of nitrogen functional groups attached to an aromatic ring is 1. The van der Waals surface area contributed by atoms with E-state index in [0.717, 1.165) is 12.8 Å². The molecular formula is C14H18ClN5O2S. The first-order valence-electron chi connectivity index (χ1n) is 7.00. The van der Waals surface area contributed by atoms with Crippen LogP contribution in [-0.4, -0.2) is 33.6 Å². The highest BCUT2D eigenvalue weighted by atomic mass is 35.5. The van der Waals surface area contributed by atoms with Crippen molar-refractivity contribution in [1.82, 2.24) is 14.9 Å². The minimum absolute atomic E-state index is 0.172. The van der Waals surface area contributed by atoms with E-state index in [1.165, 1.54) is 23.5 Å². The van der Waals surface area contributed by atoms with E-state index in [9.17, 15) is 4.79 Å². The molecule has 0 saturated heterocycles. The molecule has 23 heavy (non-hydrogen) atoms. The smallest absolute Gasteiger partial charge is 0.234 e. The molecule has 0 aliphatic rings. The Kier molecular flexibility index (Phi) is 6.12. The summed E-state index contributed by atoms with van der Waals surface area (Å²) in [5.41, 5.74) is 0.599. The van der Waals surface area contributed by atoms with Crippen molar-refractivity contribution < 1.29 is 9.53 Å². The summed E-state index contributed by atoms with van der Waals surface area (Å²) in [6.07, 6.45) is 1.68. The molecule has 1 heterocycles. The number of aryl methyl sites for hydroxylation is 1. The van der Waals surface area contributed by atoms with Crippen LogP contribution in [0.2, 0.25) is 5.02 Å². The van der Waals surface area contributed by atoms with Crippen LogP contribution in [-0.2, 0) is 11.2 Å². The Hall–Kier alpha value is -1.93. The predicted molar refractivity (Wildman–Crippen MR) is 91.5 cm³/mol. The van der Waals surface area contributed by atoms with E-state index < -0.39 is 0 Å². The topological polar surface area (TPSA) is 95.1 Å². The number of methoxy groups -OCH3 is 1. The molecular weight excluding hydrogens is 338 g/mol. The van der Waals surface area contributed by atoms with Crippen LogP contribution in [0.5, 0.6) is 5.75 Å². The number of rotatable bonds is 7. The molecule has 0 fully saturated rings. The van der Waals surface area contributed by atoms with E-state index in [-0.39, 0.29) is 11.7 Å². The predicted octanol–water partition coefficient (Wildman–Crippen LogP) is 2.34. The zero-order valence-electron chi connectivity index (χ0n) is 12.9. The Morgan fingerprint density at radius 1 is 1.48 bits per heavy atom. The van der Waals surface area contributed by atoms with Gasteiger partial charge in [0, 0.05) is 12.1 Å². The van der Waals surface area contributed by atoms with E-state index in [0.29, 0.717) is 27.4 Å². The lowest BCUT2D eigenvalue weighted by molar-refractivity contribution is -0.113. The summed E-state index contributed by atoms with van der Waals surface area (Å²) in [6, 6.07) is 5.05. The van der Waals surface area contributed by atoms with Crippen LogP contribution in [0.4, 0.5) is 5.69 Å². The Balaban J connectivity index is 1.91. The summed E-state index contributed by atoms with van der Waals surface area (Å²) in [7, 11) is 1.53. The van der Waals surface area contributed by atoms with Gasteiger partial charge in [0.15, 0.2) is 5.82 Å². The number of benzene rings is 1. The zero-order chi connectivity index (χ0) is 16.8. The first kappa shape index (κ1) is 17.4. The molecule has 0 unspecified atom stereocenters. The molecule has 2 aromatic rings. The normalized spacial score (nSPS) is 10.6. The maximum atomic E-state index is 12.0. The molecule has 0 atom stereocenters. The Bertz CT molecular complexity index is 692. The van der Waals surface area contributed by atoms with Crippen molar-refractivity contribution >= 4 is 35.0 Å². The van der Waals surface area contributed by atoms with Gasteiger partial charge in [0.2, 0.25) is 11.1 Å². The second-order valence-corrected chi connectivity index (χ2v) is 6.05. The number of hydrogen-bond donors (Lipinski definition) is 2. The lowest BCUT2D eigenvalue weighted by Gasteiger charge is -2.08. The number of hydrogen-bond acceptors (Lipinski definition) is 6. The van der Waals surface area contributed by atoms with Crippen LogP contribution < -0.4 is 15.9 Å². The minimum atomic E-state index is -0.184. The maximum absolute atomic E-state index is 12.0. The molecule has 0 bridgehead atoms. The lowest BCUT2D eigenvalue weighted by Crippen LogP contribution is -2.17. The second kappa shape index (κ2) is 8.07. The van der Waals surface area contributed by atoms with Gasteiger partial charge in [0.1, 0.15) is 5.75 Å². The van der Waals surface area contributed by atoms with Crippen LogP contribution in [0.15, 0.2) is 23.4 Å². The van der Waals surface area contributed by atoms with Gasteiger partial charge in [0.25, 0.3) is 0 Å². The van der Waals surface area contributed by atoms with Gasteiger partial charge in [-0.2, -0.15) is 0 Å². The van der Waals surface area contributed by atoms with Crippen molar-refractivity contribution in [3.63, 3.8) is 0 Å². The minimum Gasteiger partial charge on any atom is -0.495 e. The second-order valence-electron chi connectivity index (χ2n) is 4.70. The van der Waals surface area contributed by atoms with Gasteiger partial charge < -0.3 is 15.9 Å². The van der Waals surface area contributed by atoms with E-state index in [2.05, 4.69) is 15.5 Å². The third-order valence-corrected chi connectivity index (χ3v) is 4.22. The molecule has 9 heteroatoms. The molecule has 3 N–H and O–H groups in total. The number of ether oxygens (including phenoxy) is 1. The molecule has 2 rings (SSSR count). The number of nitrogens with one attached hydrogen (secondary N) is 1. The average Bonchev–Trinajstić information content (AvgIpc) is 2.86. The highest BCUT2D eigenvalue weighted by Gasteiger charge is 2.12. The van der Waals surface area contributed by atoms with Crippen molar-refractivity contribution in [3.8, 4) is 5.75 Å². The standard InChI is InChI=1S/C14H18ClN5O2S/c1-3-4-12-18-19-14(20(12)16)23-8-13(21)17-9-5-6-11(22-2)10(15)7-9/h5-7H,3-4,8,16H2,1-2H3,(H,17,21). The van der Waals surface area contributed by atoms with Crippen LogP contribution in [0.1, 0.15) is 19.2 Å². The number of thioether (sulfide) groups is 1. The van der Waals surface area contributed by atoms with Crippen LogP contribution in [0.3, 0.4) is 0 Å². The summed E-state index contributed by atoms with van der Waals surface area (Å²) in [4.78, 5) is 12.0. The number of halogens is 1. The van der Waals surface area contributed by atoms with Gasteiger partial charge in [-0.25, -0.2) is 4.68 Å². The summed E-state index contributed by atoms with van der Waals surface area (Å²) in [5, 5.41) is 11.7. The number of nitrogens with zero attached hydrogens (tertiary/aromatic N) is 3. The number of carbonyl (C=O) groups is 1. The summed E-state index contributed by atoms with van der Waals surface area (Å²) in [5.74, 6) is 7.14. The molecule has 0 aliphatic carbocycles. The SMILES string of the molecule is CCCc1nnc(SCC(=O)Nc2ccc(OC)c(Cl)c2)n1N. The Labute approximate surface area is 143 Å². The third-order valence-electron chi connectivity index (χ3n) is 2.98. The third kappa shape index (κ3) is 4.52. The number of carbonyl (C=O) groups excluding carboxylic acids is 1. The monoisotopic (exact) mass is 355 g/mol. The van der Waals surface area contributed by atoms with Crippen molar-refractivity contribution in [2.45, 2.75) is 24.9 Å². The van der Waals surface area contributed by atoms with Gasteiger partial charge in [-0.05, 0) is 24.6 Å². The average molecular weight is 356 g/mol. The largest absolute Gasteiger partial charge is 0.495 e. The van der Waals surface area contributed by atoms with Gasteiger partial charge in [0.05, 0.1) is 17.9 Å². The van der Waals surface area contributed by atoms with E-state index in [4.69, 9.17) is 22.2 Å². The molecule has 0 saturated carbocycles. The zero-order valence-corrected chi connectivity index (χ0v) is 14.4. The summed E-state index contributed by atoms with van der Waals surface area (Å²) < 4.78 is 6.49. The molecule has 0 aliphatic heterocycles. The highest BCUT2D eigenvalue weighted by molar-refractivity contribution is 7.99. The van der Waals surface area contributed by atoms with Crippen molar-refractivity contribution in [2.75, 3.05) is 24.0 Å². The van der Waals surface area contributed by atoms with E-state index in [1.807, 2.05) is 6.92 Å².